The lowest BCUT2D eigenvalue weighted by molar-refractivity contribution is -0.121. The zero-order chi connectivity index (χ0) is 26.4. The fourth-order valence-electron chi connectivity index (χ4n) is 6.27. The van der Waals surface area contributed by atoms with Gasteiger partial charge in [0.05, 0.1) is 28.3 Å². The van der Waals surface area contributed by atoms with E-state index in [-0.39, 0.29) is 23.2 Å². The van der Waals surface area contributed by atoms with Crippen LogP contribution in [0.2, 0.25) is 0 Å². The molecule has 38 heavy (non-hydrogen) atoms. The summed E-state index contributed by atoms with van der Waals surface area (Å²) in [5.74, 6) is -0.279. The van der Waals surface area contributed by atoms with E-state index in [4.69, 9.17) is 5.10 Å². The van der Waals surface area contributed by atoms with Gasteiger partial charge in [0.25, 0.3) is 0 Å². The van der Waals surface area contributed by atoms with Gasteiger partial charge >= 0.3 is 0 Å². The predicted octanol–water partition coefficient (Wildman–Crippen LogP) is 5.95. The molecule has 7 heteroatoms. The number of Topliss-reactive ketones (excluding diaryl/α,β-unsaturated/α-hetero) is 1. The lowest BCUT2D eigenvalue weighted by Crippen LogP contribution is -2.46. The van der Waals surface area contributed by atoms with Crippen LogP contribution in [0.3, 0.4) is 0 Å². The monoisotopic (exact) mass is 503 g/mol. The molecule has 0 radical (unpaired) electrons. The lowest BCUT2D eigenvalue weighted by Gasteiger charge is -2.45. The lowest BCUT2D eigenvalue weighted by atomic mass is 9.58. The molecule has 0 spiro atoms. The minimum absolute atomic E-state index is 0.0573. The molecule has 0 aliphatic heterocycles. The van der Waals surface area contributed by atoms with Crippen LogP contribution in [-0.2, 0) is 23.3 Å². The molecule has 0 saturated heterocycles. The van der Waals surface area contributed by atoms with Gasteiger partial charge in [-0.25, -0.2) is 9.07 Å². The minimum Gasteiger partial charge on any atom is -0.293 e. The van der Waals surface area contributed by atoms with E-state index in [0.717, 1.165) is 52.3 Å². The minimum atomic E-state index is -0.611. The van der Waals surface area contributed by atoms with Crippen molar-refractivity contribution in [3.8, 4) is 34.3 Å². The molecule has 3 heterocycles. The third-order valence-corrected chi connectivity index (χ3v) is 8.12. The van der Waals surface area contributed by atoms with Crippen LogP contribution in [0.4, 0.5) is 4.39 Å². The number of aromatic nitrogens is 4. The van der Waals surface area contributed by atoms with E-state index in [1.807, 2.05) is 66.2 Å². The molecule has 1 aromatic carbocycles. The summed E-state index contributed by atoms with van der Waals surface area (Å²) >= 11 is 0. The molecule has 4 aromatic rings. The Morgan fingerprint density at radius 3 is 2.63 bits per heavy atom. The van der Waals surface area contributed by atoms with Crippen molar-refractivity contribution in [3.63, 3.8) is 0 Å². The highest BCUT2D eigenvalue weighted by atomic mass is 19.1. The number of nitrogens with zero attached hydrogens (tertiary/aromatic N) is 5. The van der Waals surface area contributed by atoms with Gasteiger partial charge in [-0.1, -0.05) is 38.1 Å². The molecular formula is C31H26FN5O. The summed E-state index contributed by atoms with van der Waals surface area (Å²) in [6.07, 6.45) is 6.85. The second-order valence-electron chi connectivity index (χ2n) is 10.3. The molecule has 2 aliphatic rings. The van der Waals surface area contributed by atoms with Crippen molar-refractivity contribution in [2.75, 3.05) is 0 Å². The van der Waals surface area contributed by atoms with E-state index in [0.29, 0.717) is 5.69 Å². The molecule has 3 aromatic heterocycles. The summed E-state index contributed by atoms with van der Waals surface area (Å²) < 4.78 is 15.1. The number of nitriles is 1. The van der Waals surface area contributed by atoms with Crippen molar-refractivity contribution in [2.45, 2.75) is 38.8 Å². The summed E-state index contributed by atoms with van der Waals surface area (Å²) in [4.78, 5) is 21.6. The van der Waals surface area contributed by atoms with Crippen LogP contribution < -0.4 is 0 Å². The summed E-state index contributed by atoms with van der Waals surface area (Å²) in [7, 11) is 0. The number of carbonyl (C=O) groups is 1. The number of fused-ring (bicyclic) bond motifs is 3. The van der Waals surface area contributed by atoms with Crippen LogP contribution in [0.15, 0.2) is 78.6 Å². The number of ketones is 1. The smallest absolute Gasteiger partial charge is 0.176 e. The molecule has 0 unspecified atom stereocenters. The van der Waals surface area contributed by atoms with Gasteiger partial charge in [0.2, 0.25) is 0 Å². The first-order valence-electron chi connectivity index (χ1n) is 12.8. The van der Waals surface area contributed by atoms with Crippen molar-refractivity contribution in [1.82, 2.24) is 19.7 Å². The number of alkyl halides is 1. The summed E-state index contributed by atoms with van der Waals surface area (Å²) in [6.45, 7) is 3.46. The van der Waals surface area contributed by atoms with Crippen molar-refractivity contribution < 1.29 is 9.18 Å². The van der Waals surface area contributed by atoms with E-state index in [9.17, 15) is 14.4 Å². The van der Waals surface area contributed by atoms with Gasteiger partial charge in [0.15, 0.2) is 5.78 Å². The Kier molecular flexibility index (Phi) is 5.76. The standard InChI is InChI=1S/C31H26FN5O/c1-19-26-11-10-25-28(27-5-3-4-13-35-27)36-37(30(25)31(26,2)16-22(18-33)29(19)38)24-8-6-20(7-9-24)21-12-14-34-23(15-21)17-32/h3-9,12-16,19,26H,10-11,17H2,1-2H3/t19-,26-,31-/m1/s1. The maximum absolute atomic E-state index is 13.2. The van der Waals surface area contributed by atoms with E-state index in [1.165, 1.54) is 0 Å². The molecule has 0 saturated carbocycles. The Labute approximate surface area is 220 Å². The van der Waals surface area contributed by atoms with Gasteiger partial charge in [-0.2, -0.15) is 10.4 Å². The molecule has 3 atom stereocenters. The number of hydrogen-bond acceptors (Lipinski definition) is 5. The molecule has 0 fully saturated rings. The molecule has 0 bridgehead atoms. The van der Waals surface area contributed by atoms with Crippen LogP contribution in [-0.4, -0.2) is 25.5 Å². The maximum Gasteiger partial charge on any atom is 0.176 e. The van der Waals surface area contributed by atoms with Crippen LogP contribution in [0.5, 0.6) is 0 Å². The highest BCUT2D eigenvalue weighted by molar-refractivity contribution is 6.02. The molecule has 0 amide bonds. The summed E-state index contributed by atoms with van der Waals surface area (Å²) in [6, 6.07) is 19.5. The fraction of sp³-hybridized carbons (Fsp3) is 0.258. The summed E-state index contributed by atoms with van der Waals surface area (Å²) in [5, 5.41) is 14.9. The number of benzene rings is 1. The zero-order valence-electron chi connectivity index (χ0n) is 21.2. The van der Waals surface area contributed by atoms with Gasteiger partial charge in [0.1, 0.15) is 18.4 Å². The third-order valence-electron chi connectivity index (χ3n) is 8.12. The van der Waals surface area contributed by atoms with Crippen molar-refractivity contribution in [2.24, 2.45) is 11.8 Å². The van der Waals surface area contributed by atoms with Gasteiger partial charge in [0, 0.05) is 29.3 Å². The largest absolute Gasteiger partial charge is 0.293 e. The fourth-order valence-corrected chi connectivity index (χ4v) is 6.27. The third kappa shape index (κ3) is 3.67. The second-order valence-corrected chi connectivity index (χ2v) is 10.3. The first-order chi connectivity index (χ1) is 18.4. The summed E-state index contributed by atoms with van der Waals surface area (Å²) in [5.41, 5.74) is 6.48. The second kappa shape index (κ2) is 9.14. The molecule has 2 aliphatic carbocycles. The van der Waals surface area contributed by atoms with Crippen molar-refractivity contribution >= 4 is 5.78 Å². The number of allylic oxidation sites excluding steroid dienone is 2. The molecule has 188 valence electrons. The van der Waals surface area contributed by atoms with E-state index < -0.39 is 12.1 Å². The van der Waals surface area contributed by atoms with Crippen LogP contribution in [0.1, 0.15) is 37.2 Å². The molecular weight excluding hydrogens is 477 g/mol. The molecule has 6 nitrogen and oxygen atoms in total. The van der Waals surface area contributed by atoms with E-state index >= 15 is 0 Å². The first-order valence-corrected chi connectivity index (χ1v) is 12.8. The normalized spacial score (nSPS) is 22.3. The predicted molar refractivity (Wildman–Crippen MR) is 142 cm³/mol. The maximum atomic E-state index is 13.2. The average Bonchev–Trinajstić information content (AvgIpc) is 3.37. The van der Waals surface area contributed by atoms with Gasteiger partial charge in [-0.05, 0) is 66.3 Å². The number of carbonyl (C=O) groups excluding carboxylic acids is 1. The highest BCUT2D eigenvalue weighted by Gasteiger charge is 2.50. The Morgan fingerprint density at radius 2 is 1.92 bits per heavy atom. The van der Waals surface area contributed by atoms with Crippen LogP contribution in [0.25, 0.3) is 28.2 Å². The number of pyridine rings is 2. The SMILES string of the molecule is C[C@H]1C(=O)C(C#N)=C[C@@]2(C)c3c(c(-c4ccccn4)nn3-c3ccc(-c4ccnc(CF)c4)cc3)CC[C@H]12. The highest BCUT2D eigenvalue weighted by Crippen LogP contribution is 2.52. The van der Waals surface area contributed by atoms with Crippen LogP contribution in [0, 0.1) is 23.2 Å². The zero-order valence-corrected chi connectivity index (χ0v) is 21.2. The van der Waals surface area contributed by atoms with E-state index in [1.54, 1.807) is 18.5 Å². The van der Waals surface area contributed by atoms with Crippen LogP contribution >= 0.6 is 0 Å². The quantitative estimate of drug-likeness (QED) is 0.343. The Hall–Kier alpha value is -4.44. The Morgan fingerprint density at radius 1 is 1.11 bits per heavy atom. The molecule has 6 rings (SSSR count). The van der Waals surface area contributed by atoms with Gasteiger partial charge in [-0.3, -0.25) is 14.8 Å². The molecule has 0 N–H and O–H groups in total. The Balaban J connectivity index is 1.54. The average molecular weight is 504 g/mol. The topological polar surface area (TPSA) is 84.5 Å². The van der Waals surface area contributed by atoms with E-state index in [2.05, 4.69) is 23.0 Å². The Bertz CT molecular complexity index is 1620. The van der Waals surface area contributed by atoms with Crippen molar-refractivity contribution in [3.05, 3.63) is 95.6 Å². The number of halogens is 1. The number of hydrogen-bond donors (Lipinski definition) is 0. The van der Waals surface area contributed by atoms with Gasteiger partial charge in [-0.15, -0.1) is 0 Å². The first kappa shape index (κ1) is 23.9. The van der Waals surface area contributed by atoms with Crippen molar-refractivity contribution in [1.29, 1.82) is 5.26 Å². The van der Waals surface area contributed by atoms with Gasteiger partial charge < -0.3 is 0 Å². The number of rotatable bonds is 4.